The Hall–Kier alpha value is -2.46. The third-order valence-corrected chi connectivity index (χ3v) is 4.80. The number of carbonyl (C=O) groups is 1. The lowest BCUT2D eigenvalue weighted by Crippen LogP contribution is -2.39. The molecule has 0 bridgehead atoms. The summed E-state index contributed by atoms with van der Waals surface area (Å²) in [6.07, 6.45) is 1.53. The van der Waals surface area contributed by atoms with Gasteiger partial charge in [0.05, 0.1) is 17.9 Å². The third kappa shape index (κ3) is 4.38. The molecule has 1 saturated heterocycles. The number of aliphatic carboxylic acids is 1. The van der Waals surface area contributed by atoms with Crippen LogP contribution in [0.1, 0.15) is 37.8 Å². The van der Waals surface area contributed by atoms with Crippen LogP contribution in [-0.4, -0.2) is 35.0 Å². The third-order valence-electron chi connectivity index (χ3n) is 4.80. The molecular formula is C22H25NO3. The first-order chi connectivity index (χ1) is 12.5. The van der Waals surface area contributed by atoms with Crippen molar-refractivity contribution < 1.29 is 14.6 Å². The Labute approximate surface area is 154 Å². The molecule has 0 radical (unpaired) electrons. The largest absolute Gasteiger partial charge is 0.480 e. The average molecular weight is 351 g/mol. The van der Waals surface area contributed by atoms with E-state index in [9.17, 15) is 9.90 Å². The summed E-state index contributed by atoms with van der Waals surface area (Å²) < 4.78 is 5.78. The van der Waals surface area contributed by atoms with Crippen molar-refractivity contribution in [2.24, 2.45) is 10.9 Å². The molecule has 0 amide bonds. The number of benzene rings is 2. The SMILES string of the molecule is C[C@@H]1CC(C(N=C(c2ccccc2)c2ccccc2)C(=O)O)C[C@@H](C)O1. The van der Waals surface area contributed by atoms with E-state index in [-0.39, 0.29) is 18.1 Å². The van der Waals surface area contributed by atoms with Crippen molar-refractivity contribution in [1.82, 2.24) is 0 Å². The molecule has 3 atom stereocenters. The predicted octanol–water partition coefficient (Wildman–Crippen LogP) is 4.18. The van der Waals surface area contributed by atoms with E-state index in [1.807, 2.05) is 74.5 Å². The highest BCUT2D eigenvalue weighted by Gasteiger charge is 2.35. The maximum atomic E-state index is 12.1. The molecule has 1 aliphatic heterocycles. The molecule has 26 heavy (non-hydrogen) atoms. The first-order valence-corrected chi connectivity index (χ1v) is 9.11. The van der Waals surface area contributed by atoms with E-state index in [0.717, 1.165) is 16.8 Å². The maximum absolute atomic E-state index is 12.1. The van der Waals surface area contributed by atoms with E-state index in [2.05, 4.69) is 0 Å². The molecule has 1 N–H and O–H groups in total. The minimum absolute atomic E-state index is 0.0336. The van der Waals surface area contributed by atoms with Crippen LogP contribution in [0, 0.1) is 5.92 Å². The first kappa shape index (κ1) is 18.3. The van der Waals surface area contributed by atoms with E-state index in [4.69, 9.17) is 9.73 Å². The molecule has 0 aliphatic carbocycles. The summed E-state index contributed by atoms with van der Waals surface area (Å²) >= 11 is 0. The zero-order valence-corrected chi connectivity index (χ0v) is 15.2. The van der Waals surface area contributed by atoms with Crippen LogP contribution in [0.4, 0.5) is 0 Å². The Kier molecular flexibility index (Phi) is 5.84. The van der Waals surface area contributed by atoms with Crippen LogP contribution in [-0.2, 0) is 9.53 Å². The van der Waals surface area contributed by atoms with Gasteiger partial charge < -0.3 is 9.84 Å². The van der Waals surface area contributed by atoms with Gasteiger partial charge in [0, 0.05) is 11.1 Å². The van der Waals surface area contributed by atoms with E-state index in [1.165, 1.54) is 0 Å². The van der Waals surface area contributed by atoms with E-state index >= 15 is 0 Å². The van der Waals surface area contributed by atoms with Crippen molar-refractivity contribution in [2.75, 3.05) is 0 Å². The fourth-order valence-electron chi connectivity index (χ4n) is 3.72. The summed E-state index contributed by atoms with van der Waals surface area (Å²) in [6, 6.07) is 18.8. The van der Waals surface area contributed by atoms with Gasteiger partial charge in [-0.3, -0.25) is 4.99 Å². The number of rotatable bonds is 5. The zero-order valence-electron chi connectivity index (χ0n) is 15.2. The highest BCUT2D eigenvalue weighted by Crippen LogP contribution is 2.30. The molecule has 0 saturated carbocycles. The lowest BCUT2D eigenvalue weighted by atomic mass is 9.86. The summed E-state index contributed by atoms with van der Waals surface area (Å²) in [5, 5.41) is 9.89. The summed E-state index contributed by atoms with van der Waals surface area (Å²) in [6.45, 7) is 4.00. The van der Waals surface area contributed by atoms with Crippen molar-refractivity contribution in [1.29, 1.82) is 0 Å². The van der Waals surface area contributed by atoms with Crippen LogP contribution in [0.5, 0.6) is 0 Å². The fraction of sp³-hybridized carbons (Fsp3) is 0.364. The van der Waals surface area contributed by atoms with Crippen molar-refractivity contribution >= 4 is 11.7 Å². The number of ether oxygens (including phenoxy) is 1. The Morgan fingerprint density at radius 2 is 1.42 bits per heavy atom. The standard InChI is InChI=1S/C22H25NO3/c1-15-13-19(14-16(2)26-15)21(22(24)25)23-20(17-9-5-3-6-10-17)18-11-7-4-8-12-18/h3-12,15-16,19,21H,13-14H2,1-2H3,(H,24,25)/t15-,16-,21?/m1/s1. The summed E-state index contributed by atoms with van der Waals surface area (Å²) in [5.41, 5.74) is 2.58. The van der Waals surface area contributed by atoms with Gasteiger partial charge in [0.15, 0.2) is 6.04 Å². The van der Waals surface area contributed by atoms with Gasteiger partial charge in [-0.25, -0.2) is 4.79 Å². The molecule has 2 aromatic rings. The second-order valence-corrected chi connectivity index (χ2v) is 6.98. The minimum atomic E-state index is -0.874. The van der Waals surface area contributed by atoms with Crippen molar-refractivity contribution in [3.8, 4) is 0 Å². The van der Waals surface area contributed by atoms with Gasteiger partial charge in [-0.2, -0.15) is 0 Å². The molecule has 3 rings (SSSR count). The molecule has 1 heterocycles. The number of hydrogen-bond acceptors (Lipinski definition) is 3. The van der Waals surface area contributed by atoms with Gasteiger partial charge >= 0.3 is 5.97 Å². The van der Waals surface area contributed by atoms with Crippen molar-refractivity contribution in [2.45, 2.75) is 44.9 Å². The fourth-order valence-corrected chi connectivity index (χ4v) is 3.72. The molecule has 4 nitrogen and oxygen atoms in total. The van der Waals surface area contributed by atoms with Crippen LogP contribution in [0.15, 0.2) is 65.7 Å². The topological polar surface area (TPSA) is 58.9 Å². The highest BCUT2D eigenvalue weighted by atomic mass is 16.5. The lowest BCUT2D eigenvalue weighted by molar-refractivity contribution is -0.142. The van der Waals surface area contributed by atoms with E-state index in [1.54, 1.807) is 0 Å². The molecule has 1 unspecified atom stereocenters. The molecule has 0 spiro atoms. The van der Waals surface area contributed by atoms with Crippen LogP contribution < -0.4 is 0 Å². The second kappa shape index (κ2) is 8.28. The number of carboxylic acid groups (broad SMARTS) is 1. The van der Waals surface area contributed by atoms with Gasteiger partial charge in [-0.1, -0.05) is 60.7 Å². The van der Waals surface area contributed by atoms with Crippen LogP contribution in [0.2, 0.25) is 0 Å². The minimum Gasteiger partial charge on any atom is -0.480 e. The second-order valence-electron chi connectivity index (χ2n) is 6.98. The zero-order chi connectivity index (χ0) is 18.5. The van der Waals surface area contributed by atoms with Gasteiger partial charge in [-0.15, -0.1) is 0 Å². The Morgan fingerprint density at radius 3 is 1.85 bits per heavy atom. The smallest absolute Gasteiger partial charge is 0.328 e. The van der Waals surface area contributed by atoms with Gasteiger partial charge in [0.25, 0.3) is 0 Å². The molecule has 0 aromatic heterocycles. The van der Waals surface area contributed by atoms with Gasteiger partial charge in [0.1, 0.15) is 0 Å². The van der Waals surface area contributed by atoms with Crippen LogP contribution >= 0.6 is 0 Å². The normalized spacial score (nSPS) is 23.8. The molecule has 4 heteroatoms. The molecular weight excluding hydrogens is 326 g/mol. The summed E-state index contributed by atoms with van der Waals surface area (Å²) in [4.78, 5) is 16.8. The van der Waals surface area contributed by atoms with Crippen LogP contribution in [0.3, 0.4) is 0 Å². The molecule has 1 fully saturated rings. The molecule has 136 valence electrons. The van der Waals surface area contributed by atoms with Crippen LogP contribution in [0.25, 0.3) is 0 Å². The quantitative estimate of drug-likeness (QED) is 0.822. The van der Waals surface area contributed by atoms with E-state index in [0.29, 0.717) is 12.8 Å². The molecule has 1 aliphatic rings. The Balaban J connectivity index is 2.02. The Bertz CT molecular complexity index is 706. The average Bonchev–Trinajstić information content (AvgIpc) is 2.63. The predicted molar refractivity (Wildman–Crippen MR) is 103 cm³/mol. The number of hydrogen-bond donors (Lipinski definition) is 1. The van der Waals surface area contributed by atoms with Crippen molar-refractivity contribution in [3.05, 3.63) is 71.8 Å². The highest BCUT2D eigenvalue weighted by molar-refractivity contribution is 6.13. The lowest BCUT2D eigenvalue weighted by Gasteiger charge is -2.34. The monoisotopic (exact) mass is 351 g/mol. The number of aliphatic imine (C=N–C) groups is 1. The number of nitrogens with zero attached hydrogens (tertiary/aromatic N) is 1. The first-order valence-electron chi connectivity index (χ1n) is 9.11. The molecule has 2 aromatic carbocycles. The maximum Gasteiger partial charge on any atom is 0.328 e. The van der Waals surface area contributed by atoms with Gasteiger partial charge in [0.2, 0.25) is 0 Å². The summed E-state index contributed by atoms with van der Waals surface area (Å²) in [7, 11) is 0. The van der Waals surface area contributed by atoms with E-state index < -0.39 is 12.0 Å². The van der Waals surface area contributed by atoms with Crippen molar-refractivity contribution in [3.63, 3.8) is 0 Å². The van der Waals surface area contributed by atoms with Gasteiger partial charge in [-0.05, 0) is 32.6 Å². The Morgan fingerprint density at radius 1 is 0.962 bits per heavy atom. The summed E-state index contributed by atoms with van der Waals surface area (Å²) in [5.74, 6) is -0.908. The number of carboxylic acids is 1.